The number of aromatic nitrogens is 4. The summed E-state index contributed by atoms with van der Waals surface area (Å²) in [5.41, 5.74) is 2.40. The average Bonchev–Trinajstić information content (AvgIpc) is 3.33. The Kier molecular flexibility index (Phi) is 4.61. The lowest BCUT2D eigenvalue weighted by molar-refractivity contribution is 0.192. The van der Waals surface area contributed by atoms with Crippen LogP contribution in [0.5, 0.6) is 0 Å². The van der Waals surface area contributed by atoms with Gasteiger partial charge >= 0.3 is 0 Å². The molecule has 1 saturated heterocycles. The Labute approximate surface area is 147 Å². The van der Waals surface area contributed by atoms with E-state index in [2.05, 4.69) is 45.4 Å². The Morgan fingerprint density at radius 1 is 1.24 bits per heavy atom. The van der Waals surface area contributed by atoms with Gasteiger partial charge in [-0.25, -0.2) is 0 Å². The number of hydrogen-bond acceptors (Lipinski definition) is 5. The Hall–Kier alpha value is -2.47. The van der Waals surface area contributed by atoms with Gasteiger partial charge in [0.2, 0.25) is 5.89 Å². The van der Waals surface area contributed by atoms with Gasteiger partial charge in [-0.05, 0) is 37.4 Å². The van der Waals surface area contributed by atoms with Crippen molar-refractivity contribution in [2.24, 2.45) is 0 Å². The van der Waals surface area contributed by atoms with Crippen LogP contribution in [0.25, 0.3) is 0 Å². The molecule has 1 atom stereocenters. The fourth-order valence-corrected chi connectivity index (χ4v) is 3.47. The van der Waals surface area contributed by atoms with Gasteiger partial charge in [-0.2, -0.15) is 10.1 Å². The molecule has 1 aliphatic rings. The van der Waals surface area contributed by atoms with E-state index < -0.39 is 0 Å². The molecule has 0 saturated carbocycles. The van der Waals surface area contributed by atoms with Gasteiger partial charge in [0.25, 0.3) is 0 Å². The van der Waals surface area contributed by atoms with E-state index in [0.717, 1.165) is 18.9 Å². The van der Waals surface area contributed by atoms with Gasteiger partial charge in [0.1, 0.15) is 0 Å². The van der Waals surface area contributed by atoms with Crippen LogP contribution in [0, 0.1) is 6.92 Å². The average molecular weight is 337 g/mol. The lowest BCUT2D eigenvalue weighted by atomic mass is 10.1. The molecule has 6 heteroatoms. The summed E-state index contributed by atoms with van der Waals surface area (Å²) in [6, 6.07) is 10.7. The van der Waals surface area contributed by atoms with Crippen LogP contribution in [0.15, 0.2) is 47.2 Å². The minimum Gasteiger partial charge on any atom is -0.338 e. The zero-order valence-electron chi connectivity index (χ0n) is 14.5. The molecule has 6 nitrogen and oxygen atoms in total. The maximum absolute atomic E-state index is 5.48. The zero-order valence-corrected chi connectivity index (χ0v) is 14.5. The molecule has 1 unspecified atom stereocenters. The second kappa shape index (κ2) is 7.19. The van der Waals surface area contributed by atoms with Gasteiger partial charge in [-0.3, -0.25) is 9.58 Å². The Morgan fingerprint density at radius 3 is 2.92 bits per heavy atom. The molecule has 3 heterocycles. The Balaban J connectivity index is 1.38. The lowest BCUT2D eigenvalue weighted by Gasteiger charge is -2.22. The molecular weight excluding hydrogens is 314 g/mol. The molecule has 1 aromatic carbocycles. The first-order chi connectivity index (χ1) is 12.3. The monoisotopic (exact) mass is 337 g/mol. The highest BCUT2D eigenvalue weighted by molar-refractivity contribution is 5.18. The van der Waals surface area contributed by atoms with Gasteiger partial charge < -0.3 is 4.52 Å². The molecule has 25 heavy (non-hydrogen) atoms. The van der Waals surface area contributed by atoms with Crippen LogP contribution in [0.4, 0.5) is 0 Å². The van der Waals surface area contributed by atoms with E-state index in [-0.39, 0.29) is 0 Å². The summed E-state index contributed by atoms with van der Waals surface area (Å²) in [5.74, 6) is 1.45. The molecule has 0 radical (unpaired) electrons. The van der Waals surface area contributed by atoms with E-state index in [1.807, 2.05) is 29.1 Å². The number of hydrogen-bond donors (Lipinski definition) is 0. The quantitative estimate of drug-likeness (QED) is 0.692. The number of likely N-dealkylation sites (tertiary alicyclic amines) is 1. The maximum Gasteiger partial charge on any atom is 0.240 e. The molecule has 3 aromatic rings. The van der Waals surface area contributed by atoms with E-state index in [1.165, 1.54) is 24.0 Å². The number of nitrogens with zero attached hydrogens (tertiary/aromatic N) is 5. The van der Waals surface area contributed by atoms with Gasteiger partial charge in [-0.1, -0.05) is 35.5 Å². The predicted molar refractivity (Wildman–Crippen MR) is 93.9 cm³/mol. The van der Waals surface area contributed by atoms with Crippen LogP contribution < -0.4 is 0 Å². The zero-order chi connectivity index (χ0) is 17.1. The standard InChI is InChI=1S/C19H23N5O/c1-15-11-20-24(12-15)13-17-8-5-9-23(17)14-19-21-18(22-25-19)10-16-6-3-2-4-7-16/h2-4,6-7,11-12,17H,5,8-10,13-14H2,1H3. The molecule has 0 bridgehead atoms. The van der Waals surface area contributed by atoms with Crippen molar-refractivity contribution in [3.8, 4) is 0 Å². The largest absolute Gasteiger partial charge is 0.338 e. The first-order valence-electron chi connectivity index (χ1n) is 8.85. The van der Waals surface area contributed by atoms with Crippen molar-refractivity contribution in [3.05, 3.63) is 65.6 Å². The summed E-state index contributed by atoms with van der Waals surface area (Å²) in [5, 5.41) is 8.55. The minimum atomic E-state index is 0.476. The van der Waals surface area contributed by atoms with E-state index in [4.69, 9.17) is 4.52 Å². The van der Waals surface area contributed by atoms with Crippen molar-refractivity contribution < 1.29 is 4.52 Å². The van der Waals surface area contributed by atoms with E-state index in [1.54, 1.807) is 0 Å². The minimum absolute atomic E-state index is 0.476. The predicted octanol–water partition coefficient (Wildman–Crippen LogP) is 2.83. The highest BCUT2D eigenvalue weighted by Crippen LogP contribution is 2.21. The van der Waals surface area contributed by atoms with Gasteiger partial charge in [-0.15, -0.1) is 0 Å². The fourth-order valence-electron chi connectivity index (χ4n) is 3.47. The highest BCUT2D eigenvalue weighted by atomic mass is 16.5. The third-order valence-electron chi connectivity index (χ3n) is 4.71. The molecule has 0 spiro atoms. The molecule has 1 fully saturated rings. The summed E-state index contributed by atoms with van der Waals surface area (Å²) >= 11 is 0. The van der Waals surface area contributed by atoms with Gasteiger partial charge in [0, 0.05) is 18.7 Å². The van der Waals surface area contributed by atoms with Crippen LogP contribution in [-0.2, 0) is 19.5 Å². The molecular formula is C19H23N5O. The maximum atomic E-state index is 5.48. The third kappa shape index (κ3) is 3.96. The van der Waals surface area contributed by atoms with Crippen LogP contribution in [0.2, 0.25) is 0 Å². The van der Waals surface area contributed by atoms with Crippen molar-refractivity contribution in [1.29, 1.82) is 0 Å². The topological polar surface area (TPSA) is 60.0 Å². The molecule has 4 rings (SSSR count). The van der Waals surface area contributed by atoms with Crippen LogP contribution >= 0.6 is 0 Å². The number of benzene rings is 1. The van der Waals surface area contributed by atoms with E-state index in [9.17, 15) is 0 Å². The van der Waals surface area contributed by atoms with Crippen molar-refractivity contribution >= 4 is 0 Å². The smallest absolute Gasteiger partial charge is 0.240 e. The molecule has 0 N–H and O–H groups in total. The van der Waals surface area contributed by atoms with Crippen molar-refractivity contribution in [3.63, 3.8) is 0 Å². The molecule has 130 valence electrons. The molecule has 0 aliphatic carbocycles. The first-order valence-corrected chi connectivity index (χ1v) is 8.85. The van der Waals surface area contributed by atoms with Gasteiger partial charge in [0.15, 0.2) is 5.82 Å². The molecule has 2 aromatic heterocycles. The SMILES string of the molecule is Cc1cnn(CC2CCCN2Cc2nc(Cc3ccccc3)no2)c1. The summed E-state index contributed by atoms with van der Waals surface area (Å²) in [4.78, 5) is 7.00. The highest BCUT2D eigenvalue weighted by Gasteiger charge is 2.26. The first kappa shape index (κ1) is 16.0. The van der Waals surface area contributed by atoms with Crippen molar-refractivity contribution in [1.82, 2.24) is 24.8 Å². The molecule has 1 aliphatic heterocycles. The normalized spacial score (nSPS) is 18.0. The number of rotatable bonds is 6. The Morgan fingerprint density at radius 2 is 2.12 bits per heavy atom. The lowest BCUT2D eigenvalue weighted by Crippen LogP contribution is -2.32. The second-order valence-electron chi connectivity index (χ2n) is 6.77. The summed E-state index contributed by atoms with van der Waals surface area (Å²) in [6.07, 6.45) is 7.11. The summed E-state index contributed by atoms with van der Waals surface area (Å²) < 4.78 is 7.51. The second-order valence-corrected chi connectivity index (χ2v) is 6.77. The van der Waals surface area contributed by atoms with Crippen LogP contribution in [0.3, 0.4) is 0 Å². The fraction of sp³-hybridized carbons (Fsp3) is 0.421. The van der Waals surface area contributed by atoms with E-state index >= 15 is 0 Å². The van der Waals surface area contributed by atoms with Crippen LogP contribution in [0.1, 0.15) is 35.7 Å². The van der Waals surface area contributed by atoms with Crippen molar-refractivity contribution in [2.45, 2.75) is 45.3 Å². The van der Waals surface area contributed by atoms with Crippen molar-refractivity contribution in [2.75, 3.05) is 6.54 Å². The number of aryl methyl sites for hydroxylation is 1. The third-order valence-corrected chi connectivity index (χ3v) is 4.71. The van der Waals surface area contributed by atoms with Crippen LogP contribution in [-0.4, -0.2) is 37.4 Å². The van der Waals surface area contributed by atoms with Gasteiger partial charge in [0.05, 0.1) is 19.3 Å². The molecule has 0 amide bonds. The summed E-state index contributed by atoms with van der Waals surface area (Å²) in [7, 11) is 0. The van der Waals surface area contributed by atoms with E-state index in [0.29, 0.717) is 24.9 Å². The summed E-state index contributed by atoms with van der Waals surface area (Å²) in [6.45, 7) is 4.77. The Bertz CT molecular complexity index is 810.